The van der Waals surface area contributed by atoms with Crippen LogP contribution in [0.3, 0.4) is 0 Å². The van der Waals surface area contributed by atoms with Crippen molar-refractivity contribution in [3.63, 3.8) is 0 Å². The third-order valence-corrected chi connectivity index (χ3v) is 12.1. The SMILES string of the molecule is COc1ccc2c(c1NC(=O)Cc1ccc(C(F)(F)F)c(F)c1)CCN(C(=O)CC1(O)CCCC(C)(C)C1)C2.COc1ccc2c(c1NC(=O)Cc1ccc(C(F)(F)F)c(F)c1)CCNC2. The summed E-state index contributed by atoms with van der Waals surface area (Å²) in [6, 6.07) is 12.1. The standard InChI is InChI=1S/C29H34F4N2O4.C19H18F4N2O2/c1-27(2)10-4-11-28(38,17-27)15-25(37)35-12-9-20-19(16-35)6-8-23(39-3)26(20)34-24(36)14-18-5-7-21(22(30)13-18)29(31,32)33;1-27-16-5-3-12-10-24-7-6-13(12)18(16)25-17(26)9-11-2-4-14(15(20)8-11)19(21,22)23/h5-8,13,38H,4,9-12,14-17H2,1-3H3,(H,34,36);2-5,8,24H,6-7,9-10H2,1H3,(H,25,26). The summed E-state index contributed by atoms with van der Waals surface area (Å²) in [5.74, 6) is -3.04. The molecule has 0 bridgehead atoms. The van der Waals surface area contributed by atoms with Crippen LogP contribution in [-0.4, -0.2) is 60.6 Å². The summed E-state index contributed by atoms with van der Waals surface area (Å²) in [5.41, 5.74) is 1.07. The number of benzene rings is 4. The van der Waals surface area contributed by atoms with Gasteiger partial charge < -0.3 is 35.4 Å². The Morgan fingerprint density at radius 3 is 1.74 bits per heavy atom. The molecule has 356 valence electrons. The van der Waals surface area contributed by atoms with E-state index in [-0.39, 0.29) is 41.7 Å². The van der Waals surface area contributed by atoms with Crippen molar-refractivity contribution in [3.8, 4) is 11.5 Å². The third-order valence-electron chi connectivity index (χ3n) is 12.1. The van der Waals surface area contributed by atoms with Crippen LogP contribution >= 0.6 is 0 Å². The zero-order valence-corrected chi connectivity index (χ0v) is 36.9. The lowest BCUT2D eigenvalue weighted by atomic mass is 9.68. The van der Waals surface area contributed by atoms with Gasteiger partial charge in [-0.25, -0.2) is 8.78 Å². The Labute approximate surface area is 377 Å². The Hall–Kier alpha value is -5.75. The summed E-state index contributed by atoms with van der Waals surface area (Å²) in [7, 11) is 2.94. The van der Waals surface area contributed by atoms with Gasteiger partial charge in [0.1, 0.15) is 23.1 Å². The molecule has 0 aromatic heterocycles. The van der Waals surface area contributed by atoms with E-state index in [1.54, 1.807) is 17.0 Å². The first-order valence-corrected chi connectivity index (χ1v) is 21.4. The van der Waals surface area contributed by atoms with Crippen molar-refractivity contribution in [3.05, 3.63) is 117 Å². The molecule has 3 aliphatic rings. The van der Waals surface area contributed by atoms with Crippen molar-refractivity contribution < 1.29 is 64.1 Å². The Morgan fingerprint density at radius 1 is 0.742 bits per heavy atom. The number of rotatable bonds is 10. The van der Waals surface area contributed by atoms with Crippen molar-refractivity contribution in [2.24, 2.45) is 5.41 Å². The van der Waals surface area contributed by atoms with Crippen LogP contribution in [0.4, 0.5) is 46.5 Å². The van der Waals surface area contributed by atoms with Gasteiger partial charge in [0.15, 0.2) is 0 Å². The first-order chi connectivity index (χ1) is 31.0. The first kappa shape index (κ1) is 49.7. The van der Waals surface area contributed by atoms with Gasteiger partial charge in [0.05, 0.1) is 61.6 Å². The van der Waals surface area contributed by atoms with Crippen LogP contribution in [0.1, 0.15) is 90.5 Å². The molecule has 0 saturated heterocycles. The highest BCUT2D eigenvalue weighted by Crippen LogP contribution is 2.43. The molecule has 0 spiro atoms. The Kier molecular flexibility index (Phi) is 15.1. The van der Waals surface area contributed by atoms with Crippen LogP contribution in [-0.2, 0) is 65.5 Å². The number of alkyl halides is 6. The number of fused-ring (bicyclic) bond motifs is 2. The van der Waals surface area contributed by atoms with Gasteiger partial charge >= 0.3 is 12.4 Å². The van der Waals surface area contributed by atoms with E-state index in [0.29, 0.717) is 86.4 Å². The largest absolute Gasteiger partial charge is 0.495 e. The fraction of sp³-hybridized carbons (Fsp3) is 0.438. The molecular weight excluding hydrogens is 881 g/mol. The molecule has 7 rings (SSSR count). The van der Waals surface area contributed by atoms with Crippen molar-refractivity contribution >= 4 is 29.1 Å². The number of nitrogens with one attached hydrogen (secondary N) is 3. The van der Waals surface area contributed by atoms with Crippen molar-refractivity contribution in [2.75, 3.05) is 37.9 Å². The highest BCUT2D eigenvalue weighted by atomic mass is 19.4. The number of ether oxygens (including phenoxy) is 2. The average Bonchev–Trinajstić information content (AvgIpc) is 3.22. The Bertz CT molecular complexity index is 2460. The summed E-state index contributed by atoms with van der Waals surface area (Å²) in [5, 5.41) is 19.9. The van der Waals surface area contributed by atoms with E-state index < -0.39 is 52.5 Å². The maximum Gasteiger partial charge on any atom is 0.419 e. The van der Waals surface area contributed by atoms with Crippen molar-refractivity contribution in [2.45, 2.75) is 103 Å². The Morgan fingerprint density at radius 2 is 1.26 bits per heavy atom. The monoisotopic (exact) mass is 932 g/mol. The number of nitrogens with zero attached hydrogens (tertiary/aromatic N) is 1. The number of carbonyl (C=O) groups excluding carboxylic acids is 3. The van der Waals surface area contributed by atoms with Gasteiger partial charge in [0, 0.05) is 19.6 Å². The van der Waals surface area contributed by atoms with Crippen LogP contribution in [0.15, 0.2) is 60.7 Å². The second kappa shape index (κ2) is 20.0. The normalized spacial score (nSPS) is 17.9. The van der Waals surface area contributed by atoms with E-state index in [4.69, 9.17) is 9.47 Å². The predicted octanol–water partition coefficient (Wildman–Crippen LogP) is 9.32. The minimum atomic E-state index is -4.82. The summed E-state index contributed by atoms with van der Waals surface area (Å²) in [6.45, 7) is 6.35. The summed E-state index contributed by atoms with van der Waals surface area (Å²) in [4.78, 5) is 40.1. The molecule has 1 saturated carbocycles. The maximum atomic E-state index is 14.0. The van der Waals surface area contributed by atoms with E-state index in [9.17, 15) is 54.6 Å². The highest BCUT2D eigenvalue weighted by Gasteiger charge is 2.41. The third kappa shape index (κ3) is 12.2. The number of hydrogen-bond acceptors (Lipinski definition) is 7. The van der Waals surface area contributed by atoms with E-state index in [0.717, 1.165) is 59.8 Å². The molecule has 1 unspecified atom stereocenters. The van der Waals surface area contributed by atoms with E-state index in [2.05, 4.69) is 29.8 Å². The Balaban J connectivity index is 0.000000233. The lowest BCUT2D eigenvalue weighted by Crippen LogP contribution is -2.45. The summed E-state index contributed by atoms with van der Waals surface area (Å²) < 4.78 is 115. The van der Waals surface area contributed by atoms with Gasteiger partial charge in [-0.05, 0) is 114 Å². The van der Waals surface area contributed by atoms with Gasteiger partial charge in [0.25, 0.3) is 0 Å². The predicted molar refractivity (Wildman–Crippen MR) is 230 cm³/mol. The minimum absolute atomic E-state index is 0.0163. The minimum Gasteiger partial charge on any atom is -0.495 e. The van der Waals surface area contributed by atoms with Crippen molar-refractivity contribution in [1.29, 1.82) is 0 Å². The fourth-order valence-corrected chi connectivity index (χ4v) is 9.06. The topological polar surface area (TPSA) is 129 Å². The molecule has 1 atom stereocenters. The molecule has 3 amide bonds. The maximum absolute atomic E-state index is 14.0. The number of anilines is 2. The smallest absolute Gasteiger partial charge is 0.419 e. The molecule has 18 heteroatoms. The van der Waals surface area contributed by atoms with Crippen LogP contribution < -0.4 is 25.4 Å². The summed E-state index contributed by atoms with van der Waals surface area (Å²) >= 11 is 0. The van der Waals surface area contributed by atoms with Gasteiger partial charge in [-0.1, -0.05) is 44.5 Å². The van der Waals surface area contributed by atoms with Crippen LogP contribution in [0.2, 0.25) is 0 Å². The number of aliphatic hydroxyl groups is 1. The van der Waals surface area contributed by atoms with Crippen molar-refractivity contribution in [1.82, 2.24) is 10.2 Å². The molecule has 10 nitrogen and oxygen atoms in total. The van der Waals surface area contributed by atoms with Gasteiger partial charge in [-0.2, -0.15) is 26.3 Å². The molecule has 4 aromatic rings. The van der Waals surface area contributed by atoms with Crippen LogP contribution in [0.5, 0.6) is 11.5 Å². The number of methoxy groups -OCH3 is 2. The lowest BCUT2D eigenvalue weighted by molar-refractivity contribution is -0.141. The first-order valence-electron chi connectivity index (χ1n) is 21.4. The number of carbonyl (C=O) groups is 3. The van der Waals surface area contributed by atoms with Gasteiger partial charge in [0.2, 0.25) is 17.7 Å². The van der Waals surface area contributed by atoms with Gasteiger partial charge in [-0.15, -0.1) is 0 Å². The average molecular weight is 933 g/mol. The molecule has 4 N–H and O–H groups in total. The van der Waals surface area contributed by atoms with Crippen LogP contribution in [0, 0.1) is 17.0 Å². The molecule has 2 aliphatic heterocycles. The van der Waals surface area contributed by atoms with Gasteiger partial charge in [-0.3, -0.25) is 14.4 Å². The fourth-order valence-electron chi connectivity index (χ4n) is 9.06. The van der Waals surface area contributed by atoms with Crippen LogP contribution in [0.25, 0.3) is 0 Å². The van der Waals surface area contributed by atoms with E-state index >= 15 is 0 Å². The number of amides is 3. The number of hydrogen-bond donors (Lipinski definition) is 4. The highest BCUT2D eigenvalue weighted by molar-refractivity contribution is 5.96. The zero-order chi connectivity index (χ0) is 48.2. The molecule has 1 fully saturated rings. The molecule has 66 heavy (non-hydrogen) atoms. The number of halogens is 8. The molecule has 4 aromatic carbocycles. The molecule has 2 heterocycles. The second-order valence-corrected chi connectivity index (χ2v) is 17.7. The molecular formula is C48H52F8N4O6. The second-order valence-electron chi connectivity index (χ2n) is 17.7. The zero-order valence-electron chi connectivity index (χ0n) is 36.9. The van der Waals surface area contributed by atoms with E-state index in [1.807, 2.05) is 12.1 Å². The lowest BCUT2D eigenvalue weighted by Gasteiger charge is -2.42. The molecule has 0 radical (unpaired) electrons. The molecule has 1 aliphatic carbocycles. The van der Waals surface area contributed by atoms with E-state index in [1.165, 1.54) is 14.2 Å². The summed E-state index contributed by atoms with van der Waals surface area (Å²) in [6.07, 6.45) is -5.89. The quantitative estimate of drug-likeness (QED) is 0.117.